The van der Waals surface area contributed by atoms with Crippen LogP contribution in [0.4, 0.5) is 5.69 Å². The fourth-order valence-electron chi connectivity index (χ4n) is 1.42. The lowest BCUT2D eigenvalue weighted by Gasteiger charge is -2.07. The van der Waals surface area contributed by atoms with Crippen LogP contribution in [0, 0.1) is 0 Å². The van der Waals surface area contributed by atoms with E-state index in [1.165, 1.54) is 6.92 Å². The Balaban J connectivity index is 2.59. The summed E-state index contributed by atoms with van der Waals surface area (Å²) in [5.74, 6) is -0.134. The third kappa shape index (κ3) is 1.92. The van der Waals surface area contributed by atoms with Crippen molar-refractivity contribution in [2.24, 2.45) is 0 Å². The minimum Gasteiger partial charge on any atom is -0.325 e. The fourth-order valence-corrected chi connectivity index (χ4v) is 1.70. The molecule has 2 aromatic rings. The number of carbonyl (C=O) groups is 1. The van der Waals surface area contributed by atoms with Crippen LogP contribution in [0.25, 0.3) is 10.8 Å². The number of hydrogen-bond acceptors (Lipinski definition) is 2. The van der Waals surface area contributed by atoms with Crippen molar-refractivity contribution in [1.29, 1.82) is 0 Å². The summed E-state index contributed by atoms with van der Waals surface area (Å²) in [6.07, 6.45) is 3.41. The van der Waals surface area contributed by atoms with Gasteiger partial charge < -0.3 is 5.32 Å². The number of hydrogen-bond donors (Lipinski definition) is 1. The predicted molar refractivity (Wildman–Crippen MR) is 61.1 cm³/mol. The van der Waals surface area contributed by atoms with Crippen LogP contribution in [-0.4, -0.2) is 10.9 Å². The highest BCUT2D eigenvalue weighted by Gasteiger charge is 2.05. The second-order valence-corrected chi connectivity index (χ2v) is 3.58. The Morgan fingerprint density at radius 1 is 1.40 bits per heavy atom. The molecule has 0 radical (unpaired) electrons. The normalized spacial score (nSPS) is 10.3. The van der Waals surface area contributed by atoms with Crippen molar-refractivity contribution in [3.63, 3.8) is 0 Å². The van der Waals surface area contributed by atoms with Gasteiger partial charge in [0.15, 0.2) is 0 Å². The van der Waals surface area contributed by atoms with Gasteiger partial charge in [0.05, 0.1) is 10.7 Å². The van der Waals surface area contributed by atoms with Gasteiger partial charge in [0.25, 0.3) is 0 Å². The van der Waals surface area contributed by atoms with Crippen LogP contribution in [0.5, 0.6) is 0 Å². The van der Waals surface area contributed by atoms with Crippen LogP contribution in [0.15, 0.2) is 30.6 Å². The van der Waals surface area contributed by atoms with Crippen molar-refractivity contribution in [2.45, 2.75) is 6.92 Å². The van der Waals surface area contributed by atoms with Gasteiger partial charge in [0, 0.05) is 30.1 Å². The highest BCUT2D eigenvalue weighted by atomic mass is 35.5. The molecule has 1 amide bonds. The maximum Gasteiger partial charge on any atom is 0.221 e. The minimum atomic E-state index is -0.134. The van der Waals surface area contributed by atoms with Gasteiger partial charge in [-0.1, -0.05) is 17.7 Å². The number of fused-ring (bicyclic) bond motifs is 1. The second kappa shape index (κ2) is 3.87. The molecule has 0 bridgehead atoms. The molecule has 1 N–H and O–H groups in total. The quantitative estimate of drug-likeness (QED) is 0.803. The largest absolute Gasteiger partial charge is 0.325 e. The van der Waals surface area contributed by atoms with E-state index in [1.54, 1.807) is 18.5 Å². The zero-order chi connectivity index (χ0) is 10.8. The molecule has 0 atom stereocenters. The summed E-state index contributed by atoms with van der Waals surface area (Å²) in [7, 11) is 0. The summed E-state index contributed by atoms with van der Waals surface area (Å²) in [6, 6.07) is 5.47. The average molecular weight is 221 g/mol. The smallest absolute Gasteiger partial charge is 0.221 e. The van der Waals surface area contributed by atoms with Crippen molar-refractivity contribution in [1.82, 2.24) is 4.98 Å². The Kier molecular flexibility index (Phi) is 2.56. The summed E-state index contributed by atoms with van der Waals surface area (Å²) in [5.41, 5.74) is 0.628. The number of carbonyl (C=O) groups excluding carboxylic acids is 1. The van der Waals surface area contributed by atoms with E-state index in [-0.39, 0.29) is 5.91 Å². The topological polar surface area (TPSA) is 42.0 Å². The molecule has 0 aliphatic rings. The maximum atomic E-state index is 10.9. The molecule has 3 nitrogen and oxygen atoms in total. The summed E-state index contributed by atoms with van der Waals surface area (Å²) >= 11 is 6.14. The first kappa shape index (κ1) is 9.93. The molecule has 0 spiro atoms. The molecule has 1 aromatic heterocycles. The van der Waals surface area contributed by atoms with Gasteiger partial charge in [-0.15, -0.1) is 0 Å². The lowest BCUT2D eigenvalue weighted by molar-refractivity contribution is -0.114. The number of anilines is 1. The van der Waals surface area contributed by atoms with Crippen LogP contribution in [0.3, 0.4) is 0 Å². The molecule has 0 unspecified atom stereocenters. The van der Waals surface area contributed by atoms with E-state index in [9.17, 15) is 4.79 Å². The Bertz CT molecular complexity index is 525. The highest BCUT2D eigenvalue weighted by Crippen LogP contribution is 2.30. The average Bonchev–Trinajstić information content (AvgIpc) is 2.22. The maximum absolute atomic E-state index is 10.9. The SMILES string of the molecule is CC(=O)Nc1ccc2cnccc2c1Cl. The van der Waals surface area contributed by atoms with Gasteiger partial charge in [-0.05, 0) is 12.1 Å². The summed E-state index contributed by atoms with van der Waals surface area (Å²) in [6.45, 7) is 1.45. The number of aromatic nitrogens is 1. The van der Waals surface area contributed by atoms with E-state index < -0.39 is 0 Å². The van der Waals surface area contributed by atoms with Crippen molar-refractivity contribution in [2.75, 3.05) is 5.32 Å². The molecule has 1 aromatic carbocycles. The first-order valence-corrected chi connectivity index (χ1v) is 4.86. The zero-order valence-electron chi connectivity index (χ0n) is 8.12. The van der Waals surface area contributed by atoms with Crippen LogP contribution in [0.2, 0.25) is 5.02 Å². The molecule has 0 saturated carbocycles. The molecular weight excluding hydrogens is 212 g/mol. The number of amides is 1. The lowest BCUT2D eigenvalue weighted by atomic mass is 10.1. The Labute approximate surface area is 92.1 Å². The Hall–Kier alpha value is -1.61. The molecule has 15 heavy (non-hydrogen) atoms. The van der Waals surface area contributed by atoms with Crippen LogP contribution in [-0.2, 0) is 4.79 Å². The van der Waals surface area contributed by atoms with Crippen molar-refractivity contribution < 1.29 is 4.79 Å². The van der Waals surface area contributed by atoms with Gasteiger partial charge in [-0.3, -0.25) is 9.78 Å². The molecule has 2 rings (SSSR count). The van der Waals surface area contributed by atoms with E-state index in [2.05, 4.69) is 10.3 Å². The molecule has 0 aliphatic carbocycles. The van der Waals surface area contributed by atoms with Gasteiger partial charge >= 0.3 is 0 Å². The van der Waals surface area contributed by atoms with Crippen LogP contribution in [0.1, 0.15) is 6.92 Å². The Morgan fingerprint density at radius 3 is 2.93 bits per heavy atom. The van der Waals surface area contributed by atoms with E-state index in [4.69, 9.17) is 11.6 Å². The van der Waals surface area contributed by atoms with E-state index in [0.717, 1.165) is 10.8 Å². The molecule has 4 heteroatoms. The minimum absolute atomic E-state index is 0.134. The third-order valence-electron chi connectivity index (χ3n) is 2.07. The van der Waals surface area contributed by atoms with Crippen molar-refractivity contribution in [3.05, 3.63) is 35.6 Å². The number of benzene rings is 1. The first-order chi connectivity index (χ1) is 7.18. The fraction of sp³-hybridized carbons (Fsp3) is 0.0909. The molecule has 1 heterocycles. The van der Waals surface area contributed by atoms with Gasteiger partial charge in [-0.2, -0.15) is 0 Å². The van der Waals surface area contributed by atoms with E-state index >= 15 is 0 Å². The lowest BCUT2D eigenvalue weighted by Crippen LogP contribution is -2.06. The van der Waals surface area contributed by atoms with Crippen molar-refractivity contribution in [3.8, 4) is 0 Å². The highest BCUT2D eigenvalue weighted by molar-refractivity contribution is 6.38. The summed E-state index contributed by atoms with van der Waals surface area (Å²) < 4.78 is 0. The van der Waals surface area contributed by atoms with Gasteiger partial charge in [-0.25, -0.2) is 0 Å². The van der Waals surface area contributed by atoms with E-state index in [0.29, 0.717) is 10.7 Å². The zero-order valence-corrected chi connectivity index (χ0v) is 8.88. The van der Waals surface area contributed by atoms with Gasteiger partial charge in [0.2, 0.25) is 5.91 Å². The second-order valence-electron chi connectivity index (χ2n) is 3.21. The molecule has 0 saturated heterocycles. The molecule has 76 valence electrons. The summed E-state index contributed by atoms with van der Waals surface area (Å²) in [5, 5.41) is 5.06. The van der Waals surface area contributed by atoms with Crippen LogP contribution >= 0.6 is 11.6 Å². The van der Waals surface area contributed by atoms with Crippen LogP contribution < -0.4 is 5.32 Å². The van der Waals surface area contributed by atoms with Gasteiger partial charge in [0.1, 0.15) is 0 Å². The third-order valence-corrected chi connectivity index (χ3v) is 2.47. The number of pyridine rings is 1. The number of nitrogens with zero attached hydrogens (tertiary/aromatic N) is 1. The monoisotopic (exact) mass is 220 g/mol. The predicted octanol–water partition coefficient (Wildman–Crippen LogP) is 2.85. The number of nitrogens with one attached hydrogen (secondary N) is 1. The first-order valence-electron chi connectivity index (χ1n) is 4.48. The number of halogens is 1. The standard InChI is InChI=1S/C11H9ClN2O/c1-7(15)14-10-3-2-8-6-13-5-4-9(8)11(10)12/h2-6H,1H3,(H,14,15). The van der Waals surface area contributed by atoms with E-state index in [1.807, 2.05) is 12.1 Å². The summed E-state index contributed by atoms with van der Waals surface area (Å²) in [4.78, 5) is 14.9. The molecule has 0 aliphatic heterocycles. The number of rotatable bonds is 1. The molecule has 0 fully saturated rings. The van der Waals surface area contributed by atoms with Crippen molar-refractivity contribution >= 4 is 34.0 Å². The molecular formula is C11H9ClN2O. The Morgan fingerprint density at radius 2 is 2.20 bits per heavy atom.